The number of nitrogens with zero attached hydrogens (tertiary/aromatic N) is 2. The average Bonchev–Trinajstić information content (AvgIpc) is 2.63. The number of aromatic hydroxyl groups is 2. The van der Waals surface area contributed by atoms with Crippen molar-refractivity contribution >= 4 is 24.0 Å². The van der Waals surface area contributed by atoms with E-state index in [9.17, 15) is 29.4 Å². The van der Waals surface area contributed by atoms with E-state index in [1.54, 1.807) is 0 Å². The van der Waals surface area contributed by atoms with Crippen LogP contribution in [0.15, 0.2) is 15.3 Å². The van der Waals surface area contributed by atoms with Crippen molar-refractivity contribution in [2.45, 2.75) is 13.8 Å². The molecule has 0 aliphatic heterocycles. The Hall–Kier alpha value is -4.04. The predicted molar refractivity (Wildman–Crippen MR) is 106 cm³/mol. The highest BCUT2D eigenvalue weighted by molar-refractivity contribution is 5.98. The molecule has 0 radical (unpaired) electrons. The molecule has 29 heavy (non-hydrogen) atoms. The maximum absolute atomic E-state index is 12.4. The van der Waals surface area contributed by atoms with Gasteiger partial charge in [-0.05, 0) is 37.1 Å². The minimum atomic E-state index is -0.913. The van der Waals surface area contributed by atoms with Crippen LogP contribution >= 0.6 is 0 Å². The molecule has 152 valence electrons. The lowest BCUT2D eigenvalue weighted by Crippen LogP contribution is -2.26. The molecule has 0 saturated heterocycles. The summed E-state index contributed by atoms with van der Waals surface area (Å²) in [5, 5.41) is 20.0. The second kappa shape index (κ2) is 7.53. The van der Waals surface area contributed by atoms with Gasteiger partial charge >= 0.3 is 0 Å². The summed E-state index contributed by atoms with van der Waals surface area (Å²) >= 11 is 0. The smallest absolute Gasteiger partial charge is 0.261 e. The summed E-state index contributed by atoms with van der Waals surface area (Å²) in [6.07, 6.45) is 2.44. The predicted octanol–water partition coefficient (Wildman–Crippen LogP) is -0.365. The summed E-state index contributed by atoms with van der Waals surface area (Å²) in [4.78, 5) is 48.0. The van der Waals surface area contributed by atoms with Crippen LogP contribution in [0.2, 0.25) is 0 Å². The minimum absolute atomic E-state index is 0.0266. The summed E-state index contributed by atoms with van der Waals surface area (Å²) in [5.74, 6) is -2.95. The van der Waals surface area contributed by atoms with Gasteiger partial charge in [0.15, 0.2) is 0 Å². The molecule has 2 heterocycles. The van der Waals surface area contributed by atoms with E-state index in [0.29, 0.717) is 0 Å². The fraction of sp³-hybridized carbons (Fsp3) is 0.211. The van der Waals surface area contributed by atoms with Crippen LogP contribution in [0, 0.1) is 13.8 Å². The van der Waals surface area contributed by atoms with Gasteiger partial charge < -0.3 is 21.7 Å². The van der Waals surface area contributed by atoms with Gasteiger partial charge in [-0.1, -0.05) is 0 Å². The van der Waals surface area contributed by atoms with Gasteiger partial charge in [-0.15, -0.1) is 5.73 Å². The zero-order valence-corrected chi connectivity index (χ0v) is 16.2. The van der Waals surface area contributed by atoms with Gasteiger partial charge in [-0.3, -0.25) is 28.3 Å². The van der Waals surface area contributed by atoms with E-state index in [2.05, 4.69) is 5.73 Å². The van der Waals surface area contributed by atoms with Crippen molar-refractivity contribution < 1.29 is 19.8 Å². The monoisotopic (exact) mass is 400 g/mol. The van der Waals surface area contributed by atoms with E-state index in [4.69, 9.17) is 11.5 Å². The van der Waals surface area contributed by atoms with Crippen molar-refractivity contribution in [2.24, 2.45) is 25.6 Å². The van der Waals surface area contributed by atoms with Crippen LogP contribution in [0.1, 0.15) is 43.0 Å². The number of carbonyl (C=O) groups is 2. The number of hydrogen-bond acceptors (Lipinski definition) is 6. The fourth-order valence-electron chi connectivity index (χ4n) is 2.95. The molecule has 0 bridgehead atoms. The molecule has 0 saturated carbocycles. The fourth-order valence-corrected chi connectivity index (χ4v) is 2.95. The molecule has 0 atom stereocenters. The largest absolute Gasteiger partial charge is 0.494 e. The summed E-state index contributed by atoms with van der Waals surface area (Å²) < 4.78 is 1.72. The van der Waals surface area contributed by atoms with Gasteiger partial charge in [-0.2, -0.15) is 0 Å². The average molecular weight is 400 g/mol. The highest BCUT2D eigenvalue weighted by Crippen LogP contribution is 2.22. The van der Waals surface area contributed by atoms with Crippen LogP contribution in [0.3, 0.4) is 0 Å². The van der Waals surface area contributed by atoms with Crippen LogP contribution in [-0.4, -0.2) is 31.2 Å². The normalized spacial score (nSPS) is 10.3. The number of rotatable bonds is 4. The van der Waals surface area contributed by atoms with E-state index >= 15 is 0 Å². The maximum Gasteiger partial charge on any atom is 0.261 e. The Labute approximate surface area is 164 Å². The number of aromatic nitrogens is 2. The summed E-state index contributed by atoms with van der Waals surface area (Å²) in [5.41, 5.74) is 11.9. The number of nitrogens with two attached hydrogens (primary N) is 2. The molecule has 0 unspecified atom stereocenters. The zero-order chi connectivity index (χ0) is 22.2. The topological polar surface area (TPSA) is 171 Å². The molecule has 2 rings (SSSR count). The van der Waals surface area contributed by atoms with Crippen molar-refractivity contribution in [3.8, 4) is 11.8 Å². The molecule has 6 N–H and O–H groups in total. The van der Waals surface area contributed by atoms with Crippen molar-refractivity contribution in [1.29, 1.82) is 0 Å². The lowest BCUT2D eigenvalue weighted by atomic mass is 10.0. The van der Waals surface area contributed by atoms with Gasteiger partial charge in [0.05, 0.1) is 11.1 Å². The number of hydrogen-bond donors (Lipinski definition) is 4. The standard InChI is InChI=1S/C19H20N4O6/c1-8-10(16(26)22(3)18(28)12(8)14(20)24)6-5-7-11-9(2)13(15(21)25)19(29)23(4)17(11)27/h6-7,28-29H,1-4H3,(H2,20,24)(H2,21,25). The maximum atomic E-state index is 12.4. The molecular formula is C19H20N4O6. The van der Waals surface area contributed by atoms with Crippen molar-refractivity contribution in [2.75, 3.05) is 0 Å². The molecule has 10 heteroatoms. The van der Waals surface area contributed by atoms with E-state index in [1.807, 2.05) is 0 Å². The van der Waals surface area contributed by atoms with Gasteiger partial charge in [0.25, 0.3) is 22.9 Å². The van der Waals surface area contributed by atoms with E-state index in [1.165, 1.54) is 40.1 Å². The third-order valence-corrected chi connectivity index (χ3v) is 4.66. The number of amides is 2. The van der Waals surface area contributed by atoms with Crippen LogP contribution < -0.4 is 22.6 Å². The van der Waals surface area contributed by atoms with Crippen LogP contribution in [-0.2, 0) is 14.1 Å². The first-order valence-electron chi connectivity index (χ1n) is 8.28. The highest BCUT2D eigenvalue weighted by Gasteiger charge is 2.20. The van der Waals surface area contributed by atoms with Crippen molar-refractivity contribution in [3.05, 3.63) is 59.8 Å². The first kappa shape index (κ1) is 21.3. The van der Waals surface area contributed by atoms with Crippen molar-refractivity contribution in [1.82, 2.24) is 9.13 Å². The van der Waals surface area contributed by atoms with Crippen LogP contribution in [0.25, 0.3) is 12.2 Å². The van der Waals surface area contributed by atoms with E-state index in [0.717, 1.165) is 9.13 Å². The number of pyridine rings is 2. The number of primary amides is 2. The summed E-state index contributed by atoms with van der Waals surface area (Å²) in [7, 11) is 2.53. The molecule has 2 amide bonds. The molecule has 0 fully saturated rings. The number of carbonyl (C=O) groups excluding carboxylic acids is 2. The summed E-state index contributed by atoms with van der Waals surface area (Å²) in [6.45, 7) is 2.87. The quantitative estimate of drug-likeness (QED) is 0.510. The lowest BCUT2D eigenvalue weighted by Gasteiger charge is -2.12. The van der Waals surface area contributed by atoms with Gasteiger partial charge in [0, 0.05) is 14.1 Å². The Morgan fingerprint density at radius 2 is 1.14 bits per heavy atom. The highest BCUT2D eigenvalue weighted by atomic mass is 16.3. The van der Waals surface area contributed by atoms with Gasteiger partial charge in [-0.25, -0.2) is 0 Å². The van der Waals surface area contributed by atoms with Gasteiger partial charge in [0.2, 0.25) is 11.8 Å². The molecule has 0 spiro atoms. The minimum Gasteiger partial charge on any atom is -0.494 e. The zero-order valence-electron chi connectivity index (χ0n) is 16.2. The second-order valence-corrected chi connectivity index (χ2v) is 6.39. The van der Waals surface area contributed by atoms with Crippen LogP contribution in [0.5, 0.6) is 11.8 Å². The third-order valence-electron chi connectivity index (χ3n) is 4.66. The Balaban J connectivity index is 2.78. The van der Waals surface area contributed by atoms with Gasteiger partial charge in [0.1, 0.15) is 11.1 Å². The molecule has 10 nitrogen and oxygen atoms in total. The second-order valence-electron chi connectivity index (χ2n) is 6.39. The molecule has 2 aromatic heterocycles. The molecular weight excluding hydrogens is 380 g/mol. The Morgan fingerprint density at radius 3 is 1.41 bits per heavy atom. The molecule has 0 aliphatic rings. The lowest BCUT2D eigenvalue weighted by molar-refractivity contribution is 0.0986. The van der Waals surface area contributed by atoms with E-state index < -0.39 is 34.7 Å². The molecule has 0 aliphatic carbocycles. The Morgan fingerprint density at radius 1 is 0.828 bits per heavy atom. The third kappa shape index (κ3) is 3.44. The molecule has 0 aromatic carbocycles. The molecule has 2 aromatic rings. The van der Waals surface area contributed by atoms with E-state index in [-0.39, 0.29) is 33.4 Å². The first-order valence-corrected chi connectivity index (χ1v) is 8.28. The Kier molecular flexibility index (Phi) is 5.52. The SMILES string of the molecule is Cc1c(C(N)=O)c(O)n(C)c(=O)c1C=C=Cc1c(C)c(C(N)=O)c(O)n(C)c1=O. The Bertz CT molecular complexity index is 1150. The first-order chi connectivity index (χ1) is 13.4. The van der Waals surface area contributed by atoms with Crippen molar-refractivity contribution in [3.63, 3.8) is 0 Å². The summed E-state index contributed by atoms with van der Waals surface area (Å²) in [6, 6.07) is 0. The van der Waals surface area contributed by atoms with Crippen LogP contribution in [0.4, 0.5) is 0 Å².